The molecule has 2 heterocycles. The summed E-state index contributed by atoms with van der Waals surface area (Å²) in [5.74, 6) is -1.22. The molecule has 0 spiro atoms. The van der Waals surface area contributed by atoms with E-state index < -0.39 is 43.1 Å². The third kappa shape index (κ3) is 2.57. The summed E-state index contributed by atoms with van der Waals surface area (Å²) in [5.41, 5.74) is 1.79. The van der Waals surface area contributed by atoms with Crippen LogP contribution in [0.25, 0.3) is 11.0 Å². The van der Waals surface area contributed by atoms with E-state index in [1.165, 1.54) is 12.1 Å². The lowest BCUT2D eigenvalue weighted by molar-refractivity contribution is -0.154. The Morgan fingerprint density at radius 2 is 1.79 bits per heavy atom. The summed E-state index contributed by atoms with van der Waals surface area (Å²) in [6.45, 7) is 2.88. The molecule has 0 radical (unpaired) electrons. The Labute approximate surface area is 135 Å². The molecule has 0 unspecified atom stereocenters. The number of aliphatic hydroxyl groups is 3. The quantitative estimate of drug-likeness (QED) is 0.763. The van der Waals surface area contributed by atoms with Gasteiger partial charge in [0.15, 0.2) is 6.23 Å². The zero-order valence-electron chi connectivity index (χ0n) is 12.9. The molecule has 4 atom stereocenters. The van der Waals surface area contributed by atoms with Crippen LogP contribution in [0.15, 0.2) is 12.1 Å². The summed E-state index contributed by atoms with van der Waals surface area (Å²) in [5, 5.41) is 29.1. The molecule has 1 fully saturated rings. The highest BCUT2D eigenvalue weighted by Crippen LogP contribution is 2.39. The normalized spacial score (nSPS) is 28.0. The highest BCUT2D eigenvalue weighted by atomic mass is 19.4. The summed E-state index contributed by atoms with van der Waals surface area (Å²) in [7, 11) is 0. The number of alkyl halides is 3. The van der Waals surface area contributed by atoms with Gasteiger partial charge in [0.1, 0.15) is 18.3 Å². The van der Waals surface area contributed by atoms with Crippen molar-refractivity contribution in [2.75, 3.05) is 6.61 Å². The molecule has 1 aromatic heterocycles. The molecule has 0 amide bonds. The predicted molar refractivity (Wildman–Crippen MR) is 77.2 cm³/mol. The van der Waals surface area contributed by atoms with Gasteiger partial charge >= 0.3 is 6.18 Å². The minimum atomic E-state index is -4.77. The number of benzene rings is 1. The second-order valence-electron chi connectivity index (χ2n) is 5.96. The van der Waals surface area contributed by atoms with E-state index in [1.54, 1.807) is 13.8 Å². The van der Waals surface area contributed by atoms with Gasteiger partial charge in [-0.3, -0.25) is 4.57 Å². The Balaban J connectivity index is 2.23. The lowest BCUT2D eigenvalue weighted by atomic mass is 10.1. The van der Waals surface area contributed by atoms with Crippen LogP contribution in [0.4, 0.5) is 13.2 Å². The molecule has 132 valence electrons. The maximum Gasteiger partial charge on any atom is 0.449 e. The molecule has 1 aromatic carbocycles. The number of nitrogens with zero attached hydrogens (tertiary/aromatic N) is 2. The first-order chi connectivity index (χ1) is 11.1. The van der Waals surface area contributed by atoms with Crippen molar-refractivity contribution >= 4 is 11.0 Å². The van der Waals surface area contributed by atoms with Gasteiger partial charge in [-0.25, -0.2) is 4.98 Å². The van der Waals surface area contributed by atoms with E-state index >= 15 is 0 Å². The molecule has 2 aromatic rings. The van der Waals surface area contributed by atoms with Crippen molar-refractivity contribution in [3.63, 3.8) is 0 Å². The van der Waals surface area contributed by atoms with Gasteiger partial charge in [0.2, 0.25) is 5.82 Å². The monoisotopic (exact) mass is 346 g/mol. The van der Waals surface area contributed by atoms with Gasteiger partial charge in [-0.1, -0.05) is 0 Å². The molecule has 24 heavy (non-hydrogen) atoms. The van der Waals surface area contributed by atoms with Crippen molar-refractivity contribution < 1.29 is 33.2 Å². The standard InChI is InChI=1S/C15H17F3N2O4/c1-6-3-8-9(4-7(6)2)20(14(19-8)15(16,17)18)13-12(23)11(22)10(5-21)24-13/h3-4,10-13,21-23H,5H2,1-2H3/t10-,11-,12-,13-/m1/s1. The Kier molecular flexibility index (Phi) is 4.07. The van der Waals surface area contributed by atoms with Gasteiger partial charge in [-0.05, 0) is 37.1 Å². The number of rotatable bonds is 2. The zero-order valence-corrected chi connectivity index (χ0v) is 12.9. The van der Waals surface area contributed by atoms with Crippen molar-refractivity contribution in [3.05, 3.63) is 29.1 Å². The number of fused-ring (bicyclic) bond motifs is 1. The number of aryl methyl sites for hydroxylation is 2. The summed E-state index contributed by atoms with van der Waals surface area (Å²) >= 11 is 0. The van der Waals surface area contributed by atoms with Gasteiger partial charge in [0, 0.05) is 0 Å². The van der Waals surface area contributed by atoms with E-state index in [9.17, 15) is 23.4 Å². The molecular weight excluding hydrogens is 329 g/mol. The van der Waals surface area contributed by atoms with E-state index in [1.807, 2.05) is 0 Å². The average molecular weight is 346 g/mol. The van der Waals surface area contributed by atoms with E-state index in [-0.39, 0.29) is 11.0 Å². The minimum Gasteiger partial charge on any atom is -0.394 e. The van der Waals surface area contributed by atoms with Gasteiger partial charge in [0.25, 0.3) is 0 Å². The fraction of sp³-hybridized carbons (Fsp3) is 0.533. The predicted octanol–water partition coefficient (Wildman–Crippen LogP) is 1.28. The highest BCUT2D eigenvalue weighted by molar-refractivity contribution is 5.78. The number of aliphatic hydroxyl groups excluding tert-OH is 3. The van der Waals surface area contributed by atoms with Crippen molar-refractivity contribution in [2.45, 2.75) is 44.6 Å². The summed E-state index contributed by atoms with van der Waals surface area (Å²) in [4.78, 5) is 3.64. The maximum atomic E-state index is 13.4. The van der Waals surface area contributed by atoms with Crippen molar-refractivity contribution in [1.82, 2.24) is 9.55 Å². The second-order valence-corrected chi connectivity index (χ2v) is 5.96. The van der Waals surface area contributed by atoms with Crippen LogP contribution in [0.2, 0.25) is 0 Å². The van der Waals surface area contributed by atoms with Crippen LogP contribution in [0.3, 0.4) is 0 Å². The number of ether oxygens (including phenoxy) is 1. The van der Waals surface area contributed by atoms with Crippen LogP contribution in [-0.2, 0) is 10.9 Å². The second kappa shape index (κ2) is 5.69. The number of hydrogen-bond donors (Lipinski definition) is 3. The Morgan fingerprint density at radius 1 is 1.17 bits per heavy atom. The van der Waals surface area contributed by atoms with Gasteiger partial charge < -0.3 is 20.1 Å². The lowest BCUT2D eigenvalue weighted by Gasteiger charge is -2.21. The highest BCUT2D eigenvalue weighted by Gasteiger charge is 2.48. The zero-order chi connectivity index (χ0) is 17.8. The Hall–Kier alpha value is -1.68. The number of halogens is 3. The topological polar surface area (TPSA) is 87.7 Å². The lowest BCUT2D eigenvalue weighted by Crippen LogP contribution is -2.33. The van der Waals surface area contributed by atoms with Crippen LogP contribution in [-0.4, -0.2) is 49.8 Å². The molecule has 3 N–H and O–H groups in total. The average Bonchev–Trinajstić information content (AvgIpc) is 2.98. The molecule has 1 saturated heterocycles. The van der Waals surface area contributed by atoms with Gasteiger partial charge in [-0.2, -0.15) is 13.2 Å². The number of imidazole rings is 1. The van der Waals surface area contributed by atoms with Gasteiger partial charge in [0.05, 0.1) is 17.6 Å². The van der Waals surface area contributed by atoms with Gasteiger partial charge in [-0.15, -0.1) is 0 Å². The van der Waals surface area contributed by atoms with E-state index in [4.69, 9.17) is 9.84 Å². The molecule has 1 aliphatic heterocycles. The minimum absolute atomic E-state index is 0.114. The molecule has 6 nitrogen and oxygen atoms in total. The third-order valence-electron chi connectivity index (χ3n) is 4.33. The van der Waals surface area contributed by atoms with Crippen LogP contribution in [0, 0.1) is 13.8 Å². The number of aromatic nitrogens is 2. The maximum absolute atomic E-state index is 13.4. The van der Waals surface area contributed by atoms with Crippen LogP contribution < -0.4 is 0 Å². The van der Waals surface area contributed by atoms with Crippen LogP contribution >= 0.6 is 0 Å². The van der Waals surface area contributed by atoms with E-state index in [2.05, 4.69) is 4.98 Å². The van der Waals surface area contributed by atoms with Crippen molar-refractivity contribution in [1.29, 1.82) is 0 Å². The molecule has 9 heteroatoms. The first-order valence-electron chi connectivity index (χ1n) is 7.34. The van der Waals surface area contributed by atoms with E-state index in [0.717, 1.165) is 15.7 Å². The van der Waals surface area contributed by atoms with Crippen LogP contribution in [0.5, 0.6) is 0 Å². The molecule has 0 saturated carbocycles. The van der Waals surface area contributed by atoms with Crippen molar-refractivity contribution in [3.8, 4) is 0 Å². The summed E-state index contributed by atoms with van der Waals surface area (Å²) in [6.07, 6.45) is -10.6. The fourth-order valence-electron chi connectivity index (χ4n) is 2.90. The summed E-state index contributed by atoms with van der Waals surface area (Å²) < 4.78 is 46.2. The fourth-order valence-corrected chi connectivity index (χ4v) is 2.90. The molecule has 0 bridgehead atoms. The summed E-state index contributed by atoms with van der Waals surface area (Å²) in [6, 6.07) is 3.05. The van der Waals surface area contributed by atoms with Crippen LogP contribution in [0.1, 0.15) is 23.2 Å². The number of hydrogen-bond acceptors (Lipinski definition) is 5. The Morgan fingerprint density at radius 3 is 2.33 bits per heavy atom. The van der Waals surface area contributed by atoms with E-state index in [0.29, 0.717) is 0 Å². The SMILES string of the molecule is Cc1cc2nc(C(F)(F)F)n([C@@H]3O[C@H](CO)[C@@H](O)[C@H]3O)c2cc1C. The largest absolute Gasteiger partial charge is 0.449 e. The molecule has 1 aliphatic rings. The van der Waals surface area contributed by atoms with Crippen molar-refractivity contribution in [2.24, 2.45) is 0 Å². The molecular formula is C15H17F3N2O4. The smallest absolute Gasteiger partial charge is 0.394 e. The molecule has 0 aliphatic carbocycles. The first kappa shape index (κ1) is 17.2. The third-order valence-corrected chi connectivity index (χ3v) is 4.33. The first-order valence-corrected chi connectivity index (χ1v) is 7.34. The Bertz CT molecular complexity index is 774. The molecule has 3 rings (SSSR count).